The van der Waals surface area contributed by atoms with E-state index in [4.69, 9.17) is 0 Å². The summed E-state index contributed by atoms with van der Waals surface area (Å²) < 4.78 is 39.1. The number of aryl methyl sites for hydroxylation is 1. The van der Waals surface area contributed by atoms with Crippen molar-refractivity contribution in [3.05, 3.63) is 101 Å². The Hall–Kier alpha value is -3.19. The molecule has 0 aliphatic carbocycles. The monoisotopic (exact) mass is 454 g/mol. The van der Waals surface area contributed by atoms with E-state index in [-0.39, 0.29) is 24.3 Å². The Labute approximate surface area is 188 Å². The van der Waals surface area contributed by atoms with Gasteiger partial charge in [-0.15, -0.1) is 0 Å². The molecule has 0 fully saturated rings. The smallest absolute Gasteiger partial charge is 0.251 e. The Morgan fingerprint density at radius 2 is 1.56 bits per heavy atom. The number of hydrogen-bond donors (Lipinski definition) is 1. The third-order valence-electron chi connectivity index (χ3n) is 5.25. The normalized spacial score (nSPS) is 12.2. The van der Waals surface area contributed by atoms with Crippen molar-refractivity contribution in [2.24, 2.45) is 0 Å². The topological polar surface area (TPSA) is 66.5 Å². The summed E-state index contributed by atoms with van der Waals surface area (Å²) in [7, 11) is -3.58. The van der Waals surface area contributed by atoms with Crippen molar-refractivity contribution < 1.29 is 17.6 Å². The number of nitrogens with zero attached hydrogens (tertiary/aromatic N) is 1. The first-order chi connectivity index (χ1) is 15.2. The van der Waals surface area contributed by atoms with Crippen LogP contribution in [0.25, 0.3) is 0 Å². The minimum Gasteiger partial charge on any atom is -0.345 e. The van der Waals surface area contributed by atoms with E-state index in [1.165, 1.54) is 16.4 Å². The number of amides is 1. The van der Waals surface area contributed by atoms with Gasteiger partial charge in [0.25, 0.3) is 5.91 Å². The fourth-order valence-corrected chi connectivity index (χ4v) is 4.28. The molecule has 7 heteroatoms. The quantitative estimate of drug-likeness (QED) is 0.522. The van der Waals surface area contributed by atoms with Crippen molar-refractivity contribution in [2.75, 3.05) is 10.6 Å². The van der Waals surface area contributed by atoms with Crippen molar-refractivity contribution in [2.45, 2.75) is 32.9 Å². The van der Waals surface area contributed by atoms with Crippen LogP contribution in [0.2, 0.25) is 0 Å². The number of nitrogens with one attached hydrogen (secondary N) is 1. The third-order valence-corrected chi connectivity index (χ3v) is 6.39. The van der Waals surface area contributed by atoms with Gasteiger partial charge in [0.1, 0.15) is 5.82 Å². The second kappa shape index (κ2) is 9.96. The summed E-state index contributed by atoms with van der Waals surface area (Å²) in [6.07, 6.45) is 1.86. The van der Waals surface area contributed by atoms with Crippen molar-refractivity contribution in [1.82, 2.24) is 5.32 Å². The number of rotatable bonds is 8. The first kappa shape index (κ1) is 23.5. The molecule has 3 rings (SSSR count). The van der Waals surface area contributed by atoms with Gasteiger partial charge < -0.3 is 5.32 Å². The molecule has 0 unspecified atom stereocenters. The minimum atomic E-state index is -3.58. The van der Waals surface area contributed by atoms with Gasteiger partial charge in [0.15, 0.2) is 0 Å². The molecule has 3 aromatic carbocycles. The highest BCUT2D eigenvalue weighted by Crippen LogP contribution is 2.23. The Kier molecular flexibility index (Phi) is 7.30. The van der Waals surface area contributed by atoms with Gasteiger partial charge in [-0.2, -0.15) is 0 Å². The Morgan fingerprint density at radius 3 is 2.09 bits per heavy atom. The van der Waals surface area contributed by atoms with Crippen molar-refractivity contribution >= 4 is 21.6 Å². The number of carbonyl (C=O) groups excluding carboxylic acids is 1. The fourth-order valence-electron chi connectivity index (χ4n) is 3.40. The van der Waals surface area contributed by atoms with Crippen LogP contribution in [0.1, 0.15) is 46.4 Å². The van der Waals surface area contributed by atoms with Gasteiger partial charge in [-0.25, -0.2) is 12.8 Å². The number of sulfonamides is 1. The second-order valence-corrected chi connectivity index (χ2v) is 9.69. The molecule has 168 valence electrons. The van der Waals surface area contributed by atoms with Gasteiger partial charge in [0.05, 0.1) is 24.5 Å². The molecule has 0 heterocycles. The predicted molar refractivity (Wildman–Crippen MR) is 126 cm³/mol. The van der Waals surface area contributed by atoms with Crippen molar-refractivity contribution in [3.63, 3.8) is 0 Å². The lowest BCUT2D eigenvalue weighted by atomic mass is 10.0. The lowest BCUT2D eigenvalue weighted by molar-refractivity contribution is 0.0935. The molecule has 3 aromatic rings. The van der Waals surface area contributed by atoms with E-state index in [0.717, 1.165) is 23.8 Å². The lowest BCUT2D eigenvalue weighted by Gasteiger charge is -2.23. The van der Waals surface area contributed by atoms with Gasteiger partial charge in [0.2, 0.25) is 10.0 Å². The molecule has 1 amide bonds. The van der Waals surface area contributed by atoms with Gasteiger partial charge in [-0.05, 0) is 60.9 Å². The summed E-state index contributed by atoms with van der Waals surface area (Å²) >= 11 is 0. The zero-order chi connectivity index (χ0) is 23.3. The zero-order valence-corrected chi connectivity index (χ0v) is 19.2. The standard InChI is InChI=1S/C25H27FN2O3S/c1-4-24(20-9-5-18(2)6-10-20)27-25(29)21-11-15-23(16-12-21)28(32(3,30)31)17-19-7-13-22(26)14-8-19/h5-16,24H,4,17H2,1-3H3,(H,27,29)/t24-/m1/s1. The van der Waals surface area contributed by atoms with Gasteiger partial charge in [-0.1, -0.05) is 48.9 Å². The lowest BCUT2D eigenvalue weighted by Crippen LogP contribution is -2.30. The molecular formula is C25H27FN2O3S. The highest BCUT2D eigenvalue weighted by molar-refractivity contribution is 7.92. The second-order valence-electron chi connectivity index (χ2n) is 7.79. The maximum Gasteiger partial charge on any atom is 0.251 e. The SMILES string of the molecule is CC[C@@H](NC(=O)c1ccc(N(Cc2ccc(F)cc2)S(C)(=O)=O)cc1)c1ccc(C)cc1. The first-order valence-electron chi connectivity index (χ1n) is 10.4. The number of halogens is 1. The summed E-state index contributed by atoms with van der Waals surface area (Å²) in [5.74, 6) is -0.612. The Morgan fingerprint density at radius 1 is 0.969 bits per heavy atom. The number of hydrogen-bond acceptors (Lipinski definition) is 3. The van der Waals surface area contributed by atoms with Crippen molar-refractivity contribution in [1.29, 1.82) is 0 Å². The molecule has 0 saturated heterocycles. The summed E-state index contributed by atoms with van der Waals surface area (Å²) in [6.45, 7) is 4.09. The molecule has 1 N–H and O–H groups in total. The molecule has 0 aliphatic rings. The number of anilines is 1. The molecule has 0 aliphatic heterocycles. The summed E-state index contributed by atoms with van der Waals surface area (Å²) in [5.41, 5.74) is 3.71. The summed E-state index contributed by atoms with van der Waals surface area (Å²) in [5, 5.41) is 3.04. The van der Waals surface area contributed by atoms with E-state index in [9.17, 15) is 17.6 Å². The molecular weight excluding hydrogens is 427 g/mol. The van der Waals surface area contributed by atoms with E-state index in [1.807, 2.05) is 38.1 Å². The van der Waals surface area contributed by atoms with E-state index in [1.54, 1.807) is 36.4 Å². The van der Waals surface area contributed by atoms with Crippen molar-refractivity contribution in [3.8, 4) is 0 Å². The first-order valence-corrected chi connectivity index (χ1v) is 12.2. The molecule has 5 nitrogen and oxygen atoms in total. The zero-order valence-electron chi connectivity index (χ0n) is 18.4. The molecule has 0 saturated carbocycles. The summed E-state index contributed by atoms with van der Waals surface area (Å²) in [4.78, 5) is 12.8. The average molecular weight is 455 g/mol. The van der Waals surface area contributed by atoms with Gasteiger partial charge in [-0.3, -0.25) is 9.10 Å². The van der Waals surface area contributed by atoms with E-state index in [2.05, 4.69) is 5.32 Å². The number of carbonyl (C=O) groups is 1. The molecule has 0 radical (unpaired) electrons. The van der Waals surface area contributed by atoms with Crippen LogP contribution in [0.15, 0.2) is 72.8 Å². The van der Waals surface area contributed by atoms with Crippen LogP contribution in [0.5, 0.6) is 0 Å². The minimum absolute atomic E-state index is 0.0655. The molecule has 1 atom stereocenters. The van der Waals surface area contributed by atoms with Crippen LogP contribution >= 0.6 is 0 Å². The highest BCUT2D eigenvalue weighted by atomic mass is 32.2. The molecule has 0 bridgehead atoms. The van der Waals surface area contributed by atoms with Crippen LogP contribution < -0.4 is 9.62 Å². The van der Waals surface area contributed by atoms with Crippen LogP contribution in [0.3, 0.4) is 0 Å². The largest absolute Gasteiger partial charge is 0.345 e. The third kappa shape index (κ3) is 5.95. The van der Waals surface area contributed by atoms with E-state index in [0.29, 0.717) is 16.8 Å². The molecule has 0 aromatic heterocycles. The van der Waals surface area contributed by atoms with Gasteiger partial charge in [0, 0.05) is 5.56 Å². The van der Waals surface area contributed by atoms with Crippen LogP contribution in [0.4, 0.5) is 10.1 Å². The van der Waals surface area contributed by atoms with Gasteiger partial charge >= 0.3 is 0 Å². The van der Waals surface area contributed by atoms with E-state index >= 15 is 0 Å². The summed E-state index contributed by atoms with van der Waals surface area (Å²) in [6, 6.07) is 20.0. The Balaban J connectivity index is 1.77. The van der Waals surface area contributed by atoms with E-state index < -0.39 is 10.0 Å². The molecule has 32 heavy (non-hydrogen) atoms. The van der Waals surface area contributed by atoms with Crippen LogP contribution in [0, 0.1) is 12.7 Å². The predicted octanol–water partition coefficient (Wildman–Crippen LogP) is 4.98. The maximum atomic E-state index is 13.2. The number of benzene rings is 3. The highest BCUT2D eigenvalue weighted by Gasteiger charge is 2.19. The maximum absolute atomic E-state index is 13.2. The van der Waals surface area contributed by atoms with Crippen LogP contribution in [-0.2, 0) is 16.6 Å². The molecule has 0 spiro atoms. The Bertz CT molecular complexity index is 1160. The fraction of sp³-hybridized carbons (Fsp3) is 0.240. The average Bonchev–Trinajstić information content (AvgIpc) is 2.77. The van der Waals surface area contributed by atoms with Crippen LogP contribution in [-0.4, -0.2) is 20.6 Å².